The Balaban J connectivity index is 1.90. The fourth-order valence-corrected chi connectivity index (χ4v) is 2.92. The zero-order valence-corrected chi connectivity index (χ0v) is 12.6. The fraction of sp³-hybridized carbons (Fsp3) is 0.562. The number of hydrogen-bond donors (Lipinski definition) is 3. The van der Waals surface area contributed by atoms with E-state index in [1.807, 2.05) is 19.1 Å². The number of nitrogens with zero attached hydrogens (tertiary/aromatic N) is 1. The Labute approximate surface area is 126 Å². The SMILES string of the molecule is CC(C(=O)NN)c1ccc(CN2CCC(CCO)C2)cc1. The lowest BCUT2D eigenvalue weighted by molar-refractivity contribution is -0.122. The van der Waals surface area contributed by atoms with Gasteiger partial charge in [-0.1, -0.05) is 24.3 Å². The van der Waals surface area contributed by atoms with E-state index in [4.69, 9.17) is 10.9 Å². The number of benzene rings is 1. The van der Waals surface area contributed by atoms with Crippen LogP contribution >= 0.6 is 0 Å². The van der Waals surface area contributed by atoms with Crippen molar-refractivity contribution in [2.24, 2.45) is 11.8 Å². The smallest absolute Gasteiger partial charge is 0.241 e. The van der Waals surface area contributed by atoms with Crippen LogP contribution in [0.25, 0.3) is 0 Å². The molecule has 0 saturated carbocycles. The molecule has 0 aliphatic carbocycles. The van der Waals surface area contributed by atoms with Gasteiger partial charge in [-0.25, -0.2) is 5.84 Å². The molecule has 0 aromatic heterocycles. The summed E-state index contributed by atoms with van der Waals surface area (Å²) in [5.41, 5.74) is 4.41. The Bertz CT molecular complexity index is 461. The summed E-state index contributed by atoms with van der Waals surface area (Å²) in [6.45, 7) is 5.22. The molecular formula is C16H25N3O2. The Morgan fingerprint density at radius 1 is 1.48 bits per heavy atom. The monoisotopic (exact) mass is 291 g/mol. The number of likely N-dealkylation sites (tertiary alicyclic amines) is 1. The van der Waals surface area contributed by atoms with Gasteiger partial charge in [0.05, 0.1) is 5.92 Å². The Hall–Kier alpha value is -1.43. The average Bonchev–Trinajstić information content (AvgIpc) is 2.94. The number of aliphatic hydroxyl groups excluding tert-OH is 1. The first kappa shape index (κ1) is 15.9. The molecule has 0 spiro atoms. The summed E-state index contributed by atoms with van der Waals surface area (Å²) < 4.78 is 0. The van der Waals surface area contributed by atoms with Crippen molar-refractivity contribution < 1.29 is 9.90 Å². The van der Waals surface area contributed by atoms with Crippen LogP contribution < -0.4 is 11.3 Å². The van der Waals surface area contributed by atoms with E-state index in [2.05, 4.69) is 22.5 Å². The van der Waals surface area contributed by atoms with Gasteiger partial charge in [-0.2, -0.15) is 0 Å². The second kappa shape index (κ2) is 7.54. The molecular weight excluding hydrogens is 266 g/mol. The molecule has 2 rings (SSSR count). The zero-order valence-electron chi connectivity index (χ0n) is 12.6. The maximum atomic E-state index is 11.5. The van der Waals surface area contributed by atoms with Gasteiger partial charge in [-0.3, -0.25) is 15.1 Å². The second-order valence-electron chi connectivity index (χ2n) is 5.87. The summed E-state index contributed by atoms with van der Waals surface area (Å²) in [7, 11) is 0. The highest BCUT2D eigenvalue weighted by molar-refractivity contribution is 5.82. The molecule has 1 fully saturated rings. The van der Waals surface area contributed by atoms with Crippen LogP contribution in [0.15, 0.2) is 24.3 Å². The minimum Gasteiger partial charge on any atom is -0.396 e. The quantitative estimate of drug-likeness (QED) is 0.415. The van der Waals surface area contributed by atoms with Gasteiger partial charge < -0.3 is 5.11 Å². The van der Waals surface area contributed by atoms with Crippen LogP contribution in [0.3, 0.4) is 0 Å². The molecule has 1 heterocycles. The third kappa shape index (κ3) is 4.27. The number of carbonyl (C=O) groups excluding carboxylic acids is 1. The van der Waals surface area contributed by atoms with Crippen molar-refractivity contribution in [1.29, 1.82) is 0 Å². The first-order chi connectivity index (χ1) is 10.1. The Morgan fingerprint density at radius 3 is 2.81 bits per heavy atom. The van der Waals surface area contributed by atoms with Crippen molar-refractivity contribution in [3.63, 3.8) is 0 Å². The molecule has 116 valence electrons. The first-order valence-corrected chi connectivity index (χ1v) is 7.56. The molecule has 1 aliphatic rings. The van der Waals surface area contributed by atoms with E-state index >= 15 is 0 Å². The van der Waals surface area contributed by atoms with Gasteiger partial charge in [-0.15, -0.1) is 0 Å². The summed E-state index contributed by atoms with van der Waals surface area (Å²) in [5, 5.41) is 8.99. The number of amides is 1. The molecule has 2 atom stereocenters. The van der Waals surface area contributed by atoms with Crippen LogP contribution in [0.4, 0.5) is 0 Å². The molecule has 0 bridgehead atoms. The molecule has 1 aromatic rings. The topological polar surface area (TPSA) is 78.6 Å². The number of aliphatic hydroxyl groups is 1. The van der Waals surface area contributed by atoms with Gasteiger partial charge in [0.1, 0.15) is 0 Å². The zero-order chi connectivity index (χ0) is 15.2. The van der Waals surface area contributed by atoms with E-state index in [9.17, 15) is 4.79 Å². The van der Waals surface area contributed by atoms with Crippen LogP contribution in [0, 0.1) is 5.92 Å². The lowest BCUT2D eigenvalue weighted by atomic mass is 9.99. The molecule has 4 N–H and O–H groups in total. The molecule has 1 aromatic carbocycles. The molecule has 0 radical (unpaired) electrons. The van der Waals surface area contributed by atoms with Crippen molar-refractivity contribution in [3.8, 4) is 0 Å². The third-order valence-corrected chi connectivity index (χ3v) is 4.33. The summed E-state index contributed by atoms with van der Waals surface area (Å²) in [5.74, 6) is 5.39. The number of nitrogens with one attached hydrogen (secondary N) is 1. The molecule has 1 amide bonds. The molecule has 5 nitrogen and oxygen atoms in total. The second-order valence-corrected chi connectivity index (χ2v) is 5.87. The van der Waals surface area contributed by atoms with Gasteiger partial charge >= 0.3 is 0 Å². The summed E-state index contributed by atoms with van der Waals surface area (Å²) in [6.07, 6.45) is 2.08. The van der Waals surface area contributed by atoms with E-state index in [-0.39, 0.29) is 18.4 Å². The predicted molar refractivity (Wildman–Crippen MR) is 82.3 cm³/mol. The summed E-state index contributed by atoms with van der Waals surface area (Å²) >= 11 is 0. The van der Waals surface area contributed by atoms with Crippen molar-refractivity contribution in [2.45, 2.75) is 32.2 Å². The Kier molecular flexibility index (Phi) is 5.73. The number of carbonyl (C=O) groups is 1. The highest BCUT2D eigenvalue weighted by Gasteiger charge is 2.22. The standard InChI is InChI=1S/C16H25N3O2/c1-12(16(21)18-17)15-4-2-13(3-5-15)10-19-8-6-14(11-19)7-9-20/h2-5,12,14,20H,6-11,17H2,1H3,(H,18,21). The van der Waals surface area contributed by atoms with Gasteiger partial charge in [0.25, 0.3) is 0 Å². The number of nitrogens with two attached hydrogens (primary N) is 1. The maximum Gasteiger partial charge on any atom is 0.241 e. The number of hydrogen-bond acceptors (Lipinski definition) is 4. The summed E-state index contributed by atoms with van der Waals surface area (Å²) in [4.78, 5) is 13.9. The molecule has 1 aliphatic heterocycles. The molecule has 2 unspecified atom stereocenters. The number of rotatable bonds is 6. The fourth-order valence-electron chi connectivity index (χ4n) is 2.92. The lowest BCUT2D eigenvalue weighted by Gasteiger charge is -2.17. The number of hydrazine groups is 1. The van der Waals surface area contributed by atoms with Gasteiger partial charge in [-0.05, 0) is 43.4 Å². The van der Waals surface area contributed by atoms with E-state index in [1.165, 1.54) is 12.0 Å². The van der Waals surface area contributed by atoms with Crippen LogP contribution in [-0.2, 0) is 11.3 Å². The highest BCUT2D eigenvalue weighted by atomic mass is 16.3. The van der Waals surface area contributed by atoms with E-state index in [0.717, 1.165) is 31.6 Å². The molecule has 1 saturated heterocycles. The minimum absolute atomic E-state index is 0.172. The van der Waals surface area contributed by atoms with Crippen molar-refractivity contribution in [2.75, 3.05) is 19.7 Å². The maximum absolute atomic E-state index is 11.5. The van der Waals surface area contributed by atoms with Crippen LogP contribution in [0.5, 0.6) is 0 Å². The van der Waals surface area contributed by atoms with Crippen molar-refractivity contribution in [3.05, 3.63) is 35.4 Å². The largest absolute Gasteiger partial charge is 0.396 e. The normalized spacial score (nSPS) is 20.4. The summed E-state index contributed by atoms with van der Waals surface area (Å²) in [6, 6.07) is 8.15. The van der Waals surface area contributed by atoms with Crippen molar-refractivity contribution >= 4 is 5.91 Å². The van der Waals surface area contributed by atoms with Gasteiger partial charge in [0.2, 0.25) is 5.91 Å². The molecule has 5 heteroatoms. The first-order valence-electron chi connectivity index (χ1n) is 7.56. The minimum atomic E-state index is -0.232. The molecule has 21 heavy (non-hydrogen) atoms. The van der Waals surface area contributed by atoms with E-state index < -0.39 is 0 Å². The lowest BCUT2D eigenvalue weighted by Crippen LogP contribution is -2.33. The van der Waals surface area contributed by atoms with Crippen LogP contribution in [-0.4, -0.2) is 35.6 Å². The van der Waals surface area contributed by atoms with E-state index in [1.54, 1.807) is 0 Å². The highest BCUT2D eigenvalue weighted by Crippen LogP contribution is 2.22. The van der Waals surface area contributed by atoms with Gasteiger partial charge in [0.15, 0.2) is 0 Å². The third-order valence-electron chi connectivity index (χ3n) is 4.33. The van der Waals surface area contributed by atoms with E-state index in [0.29, 0.717) is 5.92 Å². The van der Waals surface area contributed by atoms with Crippen LogP contribution in [0.2, 0.25) is 0 Å². The Morgan fingerprint density at radius 2 is 2.19 bits per heavy atom. The van der Waals surface area contributed by atoms with Gasteiger partial charge in [0, 0.05) is 19.7 Å². The predicted octanol–water partition coefficient (Wildman–Crippen LogP) is 0.984. The van der Waals surface area contributed by atoms with Crippen LogP contribution in [0.1, 0.15) is 36.8 Å². The average molecular weight is 291 g/mol. The van der Waals surface area contributed by atoms with Crippen molar-refractivity contribution in [1.82, 2.24) is 10.3 Å².